The number of sulfonamides is 1. The van der Waals surface area contributed by atoms with E-state index in [1.165, 1.54) is 12.1 Å². The number of anilines is 1. The van der Waals surface area contributed by atoms with Crippen LogP contribution in [-0.2, 0) is 27.7 Å². The molecule has 0 bridgehead atoms. The first-order valence-corrected chi connectivity index (χ1v) is 16.7. The van der Waals surface area contributed by atoms with E-state index in [0.717, 1.165) is 28.6 Å². The molecular weight excluding hydrogens is 587 g/mol. The largest absolute Gasteiger partial charge is 0.393 e. The number of rotatable bonds is 16. The number of hydrogen-bond acceptors (Lipinski definition) is 7. The summed E-state index contributed by atoms with van der Waals surface area (Å²) in [4.78, 5) is 15.3. The molecule has 0 radical (unpaired) electrons. The molecule has 0 unspecified atom stereocenters. The van der Waals surface area contributed by atoms with Crippen LogP contribution in [0.1, 0.15) is 60.1 Å². The van der Waals surface area contributed by atoms with E-state index < -0.39 is 34.9 Å². The van der Waals surface area contributed by atoms with Crippen molar-refractivity contribution in [3.63, 3.8) is 0 Å². The summed E-state index contributed by atoms with van der Waals surface area (Å²) >= 11 is 0. The van der Waals surface area contributed by atoms with Crippen LogP contribution in [0.4, 0.5) is 10.1 Å². The van der Waals surface area contributed by atoms with Gasteiger partial charge in [0.1, 0.15) is 11.4 Å². The average molecular weight is 629 g/mol. The summed E-state index contributed by atoms with van der Waals surface area (Å²) in [5.41, 5.74) is 2.59. The Morgan fingerprint density at radius 2 is 1.52 bits per heavy atom. The Hall–Kier alpha value is -3.19. The van der Waals surface area contributed by atoms with Gasteiger partial charge in [-0.15, -0.1) is 0 Å². The van der Waals surface area contributed by atoms with Crippen LogP contribution in [0.15, 0.2) is 72.8 Å². The molecule has 1 fully saturated rings. The van der Waals surface area contributed by atoms with E-state index in [4.69, 9.17) is 0 Å². The minimum Gasteiger partial charge on any atom is -0.393 e. The normalized spacial score (nSPS) is 17.9. The lowest BCUT2D eigenvalue weighted by Gasteiger charge is -2.48. The molecule has 1 aliphatic heterocycles. The third kappa shape index (κ3) is 8.71. The summed E-state index contributed by atoms with van der Waals surface area (Å²) < 4.78 is 38.4. The number of aliphatic hydroxyl groups is 4. The monoisotopic (exact) mass is 628 g/mol. The molecule has 44 heavy (non-hydrogen) atoms. The van der Waals surface area contributed by atoms with Crippen molar-refractivity contribution in [3.8, 4) is 0 Å². The molecule has 1 saturated heterocycles. The van der Waals surface area contributed by atoms with Crippen LogP contribution in [0.5, 0.6) is 0 Å². The van der Waals surface area contributed by atoms with Gasteiger partial charge in [-0.2, -0.15) is 0 Å². The van der Waals surface area contributed by atoms with Gasteiger partial charge in [0.15, 0.2) is 0 Å². The van der Waals surface area contributed by atoms with Crippen molar-refractivity contribution in [2.24, 2.45) is 5.92 Å². The van der Waals surface area contributed by atoms with Crippen molar-refractivity contribution in [1.29, 1.82) is 0 Å². The smallest absolute Gasteiger partial charge is 0.233 e. The van der Waals surface area contributed by atoms with Gasteiger partial charge >= 0.3 is 0 Å². The van der Waals surface area contributed by atoms with Crippen molar-refractivity contribution in [2.75, 3.05) is 30.9 Å². The molecule has 3 aromatic rings. The van der Waals surface area contributed by atoms with Crippen molar-refractivity contribution in [3.05, 3.63) is 101 Å². The summed E-state index contributed by atoms with van der Waals surface area (Å²) in [6.07, 6.45) is 2.98. The fourth-order valence-electron chi connectivity index (χ4n) is 5.53. The minimum atomic E-state index is -3.24. The van der Waals surface area contributed by atoms with Gasteiger partial charge in [0.2, 0.25) is 15.9 Å². The first-order valence-electron chi connectivity index (χ1n) is 14.8. The van der Waals surface area contributed by atoms with Gasteiger partial charge < -0.3 is 25.3 Å². The Morgan fingerprint density at radius 1 is 0.932 bits per heavy atom. The highest BCUT2D eigenvalue weighted by molar-refractivity contribution is 7.88. The number of carbonyl (C=O) groups excluding carboxylic acids is 1. The maximum Gasteiger partial charge on any atom is 0.233 e. The lowest BCUT2D eigenvalue weighted by molar-refractivity contribution is -0.131. The fourth-order valence-corrected chi connectivity index (χ4v) is 6.04. The SMILES string of the molecule is CS(=O)(=O)NCCCc1ccc(N2C(=O)[C@H](CC[C@H](O)c3ccc(F)cc3)[C@H]2c2ccc(CCC(O)(CO)CO)cc2)cc1. The molecule has 0 aromatic heterocycles. The molecule has 0 aliphatic carbocycles. The molecule has 5 N–H and O–H groups in total. The minimum absolute atomic E-state index is 0.0635. The first kappa shape index (κ1) is 33.7. The van der Waals surface area contributed by atoms with Crippen LogP contribution >= 0.6 is 0 Å². The van der Waals surface area contributed by atoms with Crippen molar-refractivity contribution in [1.82, 2.24) is 4.72 Å². The Morgan fingerprint density at radius 3 is 2.11 bits per heavy atom. The number of β-lactam (4-membered cyclic amide) rings is 1. The van der Waals surface area contributed by atoms with Crippen LogP contribution in [0.25, 0.3) is 0 Å². The molecule has 9 nitrogen and oxygen atoms in total. The molecule has 3 aromatic carbocycles. The molecule has 1 amide bonds. The van der Waals surface area contributed by atoms with Crippen LogP contribution in [0.3, 0.4) is 0 Å². The zero-order valence-corrected chi connectivity index (χ0v) is 25.6. The van der Waals surface area contributed by atoms with Crippen LogP contribution < -0.4 is 9.62 Å². The van der Waals surface area contributed by atoms with Gasteiger partial charge in [0, 0.05) is 12.2 Å². The molecule has 1 aliphatic rings. The van der Waals surface area contributed by atoms with Crippen LogP contribution in [0.2, 0.25) is 0 Å². The second-order valence-corrected chi connectivity index (χ2v) is 13.5. The second kappa shape index (κ2) is 14.7. The zero-order chi connectivity index (χ0) is 31.9. The van der Waals surface area contributed by atoms with E-state index in [-0.39, 0.29) is 30.1 Å². The molecule has 3 atom stereocenters. The molecule has 0 saturated carbocycles. The Kier molecular flexibility index (Phi) is 11.3. The zero-order valence-electron chi connectivity index (χ0n) is 24.8. The van der Waals surface area contributed by atoms with Crippen LogP contribution in [-0.4, -0.2) is 66.4 Å². The summed E-state index contributed by atoms with van der Waals surface area (Å²) in [6, 6.07) is 20.7. The maximum atomic E-state index is 13.5. The quantitative estimate of drug-likeness (QED) is 0.121. The predicted molar refractivity (Wildman–Crippen MR) is 166 cm³/mol. The molecule has 11 heteroatoms. The lowest BCUT2D eigenvalue weighted by Crippen LogP contribution is -2.55. The summed E-state index contributed by atoms with van der Waals surface area (Å²) in [7, 11) is -3.24. The number of aryl methyl sites for hydroxylation is 2. The fraction of sp³-hybridized carbons (Fsp3) is 0.424. The van der Waals surface area contributed by atoms with E-state index in [9.17, 15) is 38.0 Å². The molecule has 238 valence electrons. The highest BCUT2D eigenvalue weighted by Crippen LogP contribution is 2.46. The van der Waals surface area contributed by atoms with E-state index in [1.807, 2.05) is 48.5 Å². The standard InChI is InChI=1S/C33H41FN2O7S/c1-44(42,43)35-20-2-3-23-6-14-28(15-7-23)36-31(26-8-4-24(5-9-26)18-19-33(41,21-37)22-38)29(32(36)40)16-17-30(39)25-10-12-27(34)13-11-25/h4-15,29-31,35,37-39,41H,2-3,16-22H2,1H3/t29-,30+,31-/m1/s1. The van der Waals surface area contributed by atoms with Crippen molar-refractivity contribution >= 4 is 21.6 Å². The molecular formula is C33H41FN2O7S. The average Bonchev–Trinajstić information content (AvgIpc) is 3.01. The second-order valence-electron chi connectivity index (χ2n) is 11.6. The number of aliphatic hydroxyl groups excluding tert-OH is 3. The predicted octanol–water partition coefficient (Wildman–Crippen LogP) is 3.17. The van der Waals surface area contributed by atoms with Gasteiger partial charge in [-0.25, -0.2) is 17.5 Å². The molecule has 0 spiro atoms. The summed E-state index contributed by atoms with van der Waals surface area (Å²) in [5.74, 6) is -0.832. The van der Waals surface area contributed by atoms with E-state index in [0.29, 0.717) is 44.2 Å². The molecule has 1 heterocycles. The number of nitrogens with zero attached hydrogens (tertiary/aromatic N) is 1. The van der Waals surface area contributed by atoms with E-state index >= 15 is 0 Å². The number of carbonyl (C=O) groups is 1. The first-order chi connectivity index (χ1) is 20.9. The van der Waals surface area contributed by atoms with Crippen molar-refractivity contribution in [2.45, 2.75) is 56.3 Å². The van der Waals surface area contributed by atoms with Gasteiger partial charge in [0.25, 0.3) is 0 Å². The van der Waals surface area contributed by atoms with Gasteiger partial charge in [-0.3, -0.25) is 4.79 Å². The van der Waals surface area contributed by atoms with Gasteiger partial charge in [0.05, 0.1) is 37.5 Å². The van der Waals surface area contributed by atoms with Crippen molar-refractivity contribution < 1.29 is 38.0 Å². The van der Waals surface area contributed by atoms with Gasteiger partial charge in [-0.1, -0.05) is 48.5 Å². The Labute approximate surface area is 258 Å². The topological polar surface area (TPSA) is 147 Å². The third-order valence-electron chi connectivity index (χ3n) is 8.23. The highest BCUT2D eigenvalue weighted by Gasteiger charge is 2.48. The van der Waals surface area contributed by atoms with E-state index in [1.54, 1.807) is 17.0 Å². The number of nitrogens with one attached hydrogen (secondary N) is 1. The maximum absolute atomic E-state index is 13.5. The number of halogens is 1. The van der Waals surface area contributed by atoms with Crippen LogP contribution in [0, 0.1) is 11.7 Å². The Balaban J connectivity index is 1.49. The van der Waals surface area contributed by atoms with E-state index in [2.05, 4.69) is 4.72 Å². The number of hydrogen-bond donors (Lipinski definition) is 5. The molecule has 4 rings (SSSR count). The Bertz CT molecular complexity index is 1480. The number of benzene rings is 3. The summed E-state index contributed by atoms with van der Waals surface area (Å²) in [6.45, 7) is -0.737. The third-order valence-corrected chi connectivity index (χ3v) is 8.96. The van der Waals surface area contributed by atoms with Gasteiger partial charge in [-0.05, 0) is 85.0 Å². The highest BCUT2D eigenvalue weighted by atomic mass is 32.2. The number of amides is 1. The summed E-state index contributed by atoms with van der Waals surface area (Å²) in [5, 5.41) is 39.7. The lowest BCUT2D eigenvalue weighted by atomic mass is 9.78.